The lowest BCUT2D eigenvalue weighted by atomic mass is 9.74. The van der Waals surface area contributed by atoms with E-state index < -0.39 is 5.41 Å². The molecule has 0 heterocycles. The fraction of sp³-hybridized carbons (Fsp3) is 0.119. The molecule has 6 heteroatoms. The van der Waals surface area contributed by atoms with Gasteiger partial charge in [0.15, 0.2) is 0 Å². The molecule has 10 rings (SSSR count). The van der Waals surface area contributed by atoms with Gasteiger partial charge in [-0.15, -0.1) is 0 Å². The highest BCUT2D eigenvalue weighted by Crippen LogP contribution is 2.44. The molecular formula is C59H48O6. The van der Waals surface area contributed by atoms with Crippen molar-refractivity contribution in [1.82, 2.24) is 0 Å². The van der Waals surface area contributed by atoms with Gasteiger partial charge in [-0.25, -0.2) is 0 Å². The fourth-order valence-corrected chi connectivity index (χ4v) is 9.54. The summed E-state index contributed by atoms with van der Waals surface area (Å²) in [5, 5.41) is 77.2. The minimum atomic E-state index is -0.762. The van der Waals surface area contributed by atoms with Crippen molar-refractivity contribution in [2.45, 2.75) is 44.9 Å². The van der Waals surface area contributed by atoms with Crippen molar-refractivity contribution in [1.29, 1.82) is 0 Å². The molecule has 0 amide bonds. The van der Waals surface area contributed by atoms with Gasteiger partial charge in [-0.2, -0.15) is 0 Å². The van der Waals surface area contributed by atoms with Crippen LogP contribution in [0.5, 0.6) is 34.5 Å². The van der Waals surface area contributed by atoms with E-state index in [0.717, 1.165) is 54.2 Å². The second-order valence-corrected chi connectivity index (χ2v) is 17.8. The monoisotopic (exact) mass is 852 g/mol. The maximum atomic E-state index is 12.2. The molecule has 10 aromatic carbocycles. The summed E-state index contributed by atoms with van der Waals surface area (Å²) in [7, 11) is 0. The molecule has 0 radical (unpaired) electrons. The number of phenols is 6. The van der Waals surface area contributed by atoms with Gasteiger partial charge >= 0.3 is 0 Å². The van der Waals surface area contributed by atoms with Crippen LogP contribution in [0.25, 0.3) is 43.1 Å². The molecule has 6 N–H and O–H groups in total. The highest BCUT2D eigenvalue weighted by Gasteiger charge is 2.29. The molecule has 0 aliphatic heterocycles. The maximum absolute atomic E-state index is 12.2. The molecule has 0 bridgehead atoms. The van der Waals surface area contributed by atoms with Crippen molar-refractivity contribution in [3.63, 3.8) is 0 Å². The molecule has 6 nitrogen and oxygen atoms in total. The van der Waals surface area contributed by atoms with E-state index in [1.165, 1.54) is 0 Å². The fourth-order valence-electron chi connectivity index (χ4n) is 9.54. The molecule has 0 unspecified atom stereocenters. The Morgan fingerprint density at radius 3 is 0.754 bits per heavy atom. The van der Waals surface area contributed by atoms with Gasteiger partial charge in [0.1, 0.15) is 34.5 Å². The van der Waals surface area contributed by atoms with E-state index in [1.807, 2.05) is 170 Å². The summed E-state index contributed by atoms with van der Waals surface area (Å²) in [6.07, 6.45) is 0.935. The van der Waals surface area contributed by atoms with E-state index >= 15 is 0 Å². The predicted molar refractivity (Wildman–Crippen MR) is 262 cm³/mol. The number of rotatable bonds is 10. The number of phenolic OH excluding ortho intramolecular Hbond substituents is 6. The summed E-state index contributed by atoms with van der Waals surface area (Å²) in [5.74, 6) is 0.779. The SMILES string of the molecule is CC(C)(c1cc(Cc2ccc3ccccc3c2O)c(O)c(Cc2ccc3ccccc3c2O)c1)c1cc(Cc2ccc3ccccc3c2O)c(O)c(Cc2ccc3ccccc3c2O)c1. The molecule has 0 saturated carbocycles. The lowest BCUT2D eigenvalue weighted by molar-refractivity contribution is 0.457. The van der Waals surface area contributed by atoms with Crippen LogP contribution in [0.3, 0.4) is 0 Å². The Kier molecular flexibility index (Phi) is 10.3. The Morgan fingerprint density at radius 2 is 0.508 bits per heavy atom. The molecule has 0 aliphatic carbocycles. The summed E-state index contributed by atoms with van der Waals surface area (Å²) in [4.78, 5) is 0. The van der Waals surface area contributed by atoms with Crippen LogP contribution in [0.15, 0.2) is 170 Å². The Labute approximate surface area is 377 Å². The first kappa shape index (κ1) is 41.1. The normalized spacial score (nSPS) is 11.8. The van der Waals surface area contributed by atoms with Crippen LogP contribution < -0.4 is 0 Å². The topological polar surface area (TPSA) is 121 Å². The second-order valence-electron chi connectivity index (χ2n) is 17.8. The van der Waals surface area contributed by atoms with Gasteiger partial charge in [-0.05, 0) is 77.2 Å². The van der Waals surface area contributed by atoms with Crippen LogP contribution in [0.1, 0.15) is 69.5 Å². The molecule has 0 fully saturated rings. The van der Waals surface area contributed by atoms with Crippen molar-refractivity contribution in [2.75, 3.05) is 0 Å². The van der Waals surface area contributed by atoms with Gasteiger partial charge in [-0.1, -0.05) is 184 Å². The number of benzene rings is 10. The molecular weight excluding hydrogens is 805 g/mol. The van der Waals surface area contributed by atoms with Crippen molar-refractivity contribution < 1.29 is 30.6 Å². The lowest BCUT2D eigenvalue weighted by Crippen LogP contribution is -2.21. The highest BCUT2D eigenvalue weighted by atomic mass is 16.3. The summed E-state index contributed by atoms with van der Waals surface area (Å²) in [6.45, 7) is 4.21. The third-order valence-electron chi connectivity index (χ3n) is 13.4. The van der Waals surface area contributed by atoms with Crippen LogP contribution in [-0.4, -0.2) is 30.6 Å². The van der Waals surface area contributed by atoms with Crippen molar-refractivity contribution in [3.8, 4) is 34.5 Å². The Balaban J connectivity index is 1.13. The third-order valence-corrected chi connectivity index (χ3v) is 13.4. The van der Waals surface area contributed by atoms with Crippen LogP contribution in [0, 0.1) is 0 Å². The number of aromatic hydroxyl groups is 6. The Morgan fingerprint density at radius 1 is 0.277 bits per heavy atom. The molecule has 0 atom stereocenters. The Hall–Kier alpha value is -7.96. The van der Waals surface area contributed by atoms with Gasteiger partial charge < -0.3 is 30.6 Å². The minimum Gasteiger partial charge on any atom is -0.507 e. The van der Waals surface area contributed by atoms with E-state index in [-0.39, 0.29) is 60.2 Å². The summed E-state index contributed by atoms with van der Waals surface area (Å²) in [5.41, 5.74) is 6.05. The van der Waals surface area contributed by atoms with Crippen LogP contribution in [0.2, 0.25) is 0 Å². The van der Waals surface area contributed by atoms with Crippen molar-refractivity contribution >= 4 is 43.1 Å². The summed E-state index contributed by atoms with van der Waals surface area (Å²) in [6, 6.07) is 54.1. The van der Waals surface area contributed by atoms with Gasteiger partial charge in [0.2, 0.25) is 0 Å². The number of hydrogen-bond acceptors (Lipinski definition) is 6. The zero-order valence-electron chi connectivity index (χ0n) is 36.2. The predicted octanol–water partition coefficient (Wildman–Crippen LogP) is 13.2. The molecule has 0 spiro atoms. The van der Waals surface area contributed by atoms with Gasteiger partial charge in [0.05, 0.1) is 0 Å². The van der Waals surface area contributed by atoms with E-state index in [1.54, 1.807) is 0 Å². The van der Waals surface area contributed by atoms with Crippen molar-refractivity contribution in [2.24, 2.45) is 0 Å². The first-order valence-electron chi connectivity index (χ1n) is 21.9. The average Bonchev–Trinajstić information content (AvgIpc) is 3.32. The minimum absolute atomic E-state index is 0.0790. The van der Waals surface area contributed by atoms with E-state index in [2.05, 4.69) is 13.8 Å². The van der Waals surface area contributed by atoms with Crippen molar-refractivity contribution in [3.05, 3.63) is 225 Å². The number of fused-ring (bicyclic) bond motifs is 4. The molecule has 10 aromatic rings. The third kappa shape index (κ3) is 7.47. The number of hydrogen-bond donors (Lipinski definition) is 6. The molecule has 0 aromatic heterocycles. The lowest BCUT2D eigenvalue weighted by Gasteiger charge is -2.30. The summed E-state index contributed by atoms with van der Waals surface area (Å²) >= 11 is 0. The largest absolute Gasteiger partial charge is 0.507 e. The van der Waals surface area contributed by atoms with Gasteiger partial charge in [0.25, 0.3) is 0 Å². The maximum Gasteiger partial charge on any atom is 0.126 e. The molecule has 0 saturated heterocycles. The molecule has 65 heavy (non-hydrogen) atoms. The van der Waals surface area contributed by atoms with Gasteiger partial charge in [-0.3, -0.25) is 0 Å². The van der Waals surface area contributed by atoms with E-state index in [4.69, 9.17) is 0 Å². The zero-order chi connectivity index (χ0) is 45.0. The first-order chi connectivity index (χ1) is 31.4. The molecule has 0 aliphatic rings. The van der Waals surface area contributed by atoms with Gasteiger partial charge in [0, 0.05) is 52.6 Å². The standard InChI is InChI=1S/C59H48O6/c1-59(2,47-31-43(27-39-23-19-35-11-3-7-15-49(35)55(39)62)53(60)44(32-47)28-40-24-20-36-12-4-8-16-50(36)56(40)63)48-33-45(29-41-25-21-37-13-5-9-17-51(37)57(41)64)54(61)46(34-48)30-42-26-22-38-14-6-10-18-52(38)58(42)65/h3-26,31-34,60-65H,27-30H2,1-2H3. The van der Waals surface area contributed by atoms with Crippen LogP contribution in [-0.2, 0) is 31.1 Å². The van der Waals surface area contributed by atoms with Crippen LogP contribution >= 0.6 is 0 Å². The van der Waals surface area contributed by atoms with E-state index in [0.29, 0.717) is 44.5 Å². The smallest absolute Gasteiger partial charge is 0.126 e. The summed E-state index contributed by atoms with van der Waals surface area (Å²) < 4.78 is 0. The first-order valence-corrected chi connectivity index (χ1v) is 21.9. The Bertz CT molecular complexity index is 3050. The van der Waals surface area contributed by atoms with Crippen LogP contribution in [0.4, 0.5) is 0 Å². The zero-order valence-corrected chi connectivity index (χ0v) is 36.2. The quantitative estimate of drug-likeness (QED) is 0.0815. The second kappa shape index (κ2) is 16.3. The van der Waals surface area contributed by atoms with E-state index in [9.17, 15) is 30.6 Å². The average molecular weight is 853 g/mol. The molecule has 320 valence electrons. The highest BCUT2D eigenvalue weighted by molar-refractivity contribution is 5.92.